The zero-order valence-electron chi connectivity index (χ0n) is 29.5. The molecule has 1 heterocycles. The first-order chi connectivity index (χ1) is 21.3. The van der Waals surface area contributed by atoms with Gasteiger partial charge in [-0.05, 0) is 51.4 Å². The van der Waals surface area contributed by atoms with Crippen LogP contribution in [-0.4, -0.2) is 32.2 Å². The standard InChI is InChI=1S/C40H76O3/c1-4-6-8-10-12-14-16-18-20-22-24-26-28-30-32-35-40(42-38-39(43-40)34-37-41-3)36-33-31-29-27-25-23-21-19-17-15-13-11-9-7-5-2/h12,14,18,20,39H,4-11,13,15-17,19,21-38H2,1-3H3/b14-12-,20-18-. The highest BCUT2D eigenvalue weighted by molar-refractivity contribution is 4.92. The van der Waals surface area contributed by atoms with Crippen LogP contribution in [0.3, 0.4) is 0 Å². The van der Waals surface area contributed by atoms with Gasteiger partial charge in [-0.15, -0.1) is 0 Å². The molecule has 0 N–H and O–H groups in total. The third-order valence-corrected chi connectivity index (χ3v) is 9.23. The molecule has 0 aromatic heterocycles. The van der Waals surface area contributed by atoms with Crippen molar-refractivity contribution >= 4 is 0 Å². The highest BCUT2D eigenvalue weighted by Gasteiger charge is 2.40. The first-order valence-corrected chi connectivity index (χ1v) is 19.4. The van der Waals surface area contributed by atoms with Crippen LogP contribution in [0.2, 0.25) is 0 Å². The molecular weight excluding hydrogens is 528 g/mol. The van der Waals surface area contributed by atoms with Gasteiger partial charge in [0.25, 0.3) is 0 Å². The fraction of sp³-hybridized carbons (Fsp3) is 0.900. The van der Waals surface area contributed by atoms with Gasteiger partial charge in [-0.3, -0.25) is 0 Å². The Kier molecular flexibility index (Phi) is 29.4. The molecule has 0 aliphatic carbocycles. The summed E-state index contributed by atoms with van der Waals surface area (Å²) in [5.74, 6) is -0.332. The SMILES string of the molecule is CCCCC/C=C\C/C=C\CCCCCCCC1(CCCCCCCCCCCCCCCCC)OCC(CCOC)O1. The monoisotopic (exact) mass is 605 g/mol. The van der Waals surface area contributed by atoms with Gasteiger partial charge >= 0.3 is 0 Å². The van der Waals surface area contributed by atoms with Gasteiger partial charge in [0.05, 0.1) is 12.7 Å². The minimum Gasteiger partial charge on any atom is -0.385 e. The van der Waals surface area contributed by atoms with Gasteiger partial charge in [-0.25, -0.2) is 0 Å². The molecule has 0 radical (unpaired) electrons. The maximum absolute atomic E-state index is 6.57. The number of hydrogen-bond donors (Lipinski definition) is 0. The van der Waals surface area contributed by atoms with Gasteiger partial charge in [0.15, 0.2) is 5.79 Å². The molecule has 254 valence electrons. The van der Waals surface area contributed by atoms with Crippen LogP contribution in [-0.2, 0) is 14.2 Å². The molecule has 0 bridgehead atoms. The van der Waals surface area contributed by atoms with Crippen molar-refractivity contribution in [3.8, 4) is 0 Å². The minimum atomic E-state index is -0.332. The van der Waals surface area contributed by atoms with E-state index in [1.807, 2.05) is 0 Å². The largest absolute Gasteiger partial charge is 0.385 e. The third kappa shape index (κ3) is 25.3. The Morgan fingerprint density at radius 3 is 1.47 bits per heavy atom. The summed E-state index contributed by atoms with van der Waals surface area (Å²) in [7, 11) is 1.78. The molecule has 0 aromatic rings. The fourth-order valence-electron chi connectivity index (χ4n) is 6.37. The zero-order chi connectivity index (χ0) is 30.9. The lowest BCUT2D eigenvalue weighted by molar-refractivity contribution is -0.180. The molecule has 1 aliphatic heterocycles. The van der Waals surface area contributed by atoms with E-state index < -0.39 is 0 Å². The first kappa shape index (κ1) is 40.4. The van der Waals surface area contributed by atoms with E-state index in [4.69, 9.17) is 14.2 Å². The topological polar surface area (TPSA) is 27.7 Å². The molecule has 0 aromatic carbocycles. The maximum Gasteiger partial charge on any atom is 0.168 e. The zero-order valence-corrected chi connectivity index (χ0v) is 29.5. The van der Waals surface area contributed by atoms with Gasteiger partial charge in [-0.1, -0.05) is 160 Å². The Balaban J connectivity index is 2.10. The van der Waals surface area contributed by atoms with Crippen LogP contribution >= 0.6 is 0 Å². The summed E-state index contributed by atoms with van der Waals surface area (Å²) in [5, 5.41) is 0. The van der Waals surface area contributed by atoms with Crippen LogP contribution in [0.15, 0.2) is 24.3 Å². The summed E-state index contributed by atoms with van der Waals surface area (Å²) < 4.78 is 18.3. The van der Waals surface area contributed by atoms with Gasteiger partial charge in [0, 0.05) is 26.6 Å². The van der Waals surface area contributed by atoms with Crippen molar-refractivity contribution in [2.45, 2.75) is 212 Å². The Morgan fingerprint density at radius 1 is 0.558 bits per heavy atom. The van der Waals surface area contributed by atoms with Gasteiger partial charge in [0.1, 0.15) is 0 Å². The maximum atomic E-state index is 6.57. The predicted octanol–water partition coefficient (Wildman–Crippen LogP) is 13.2. The van der Waals surface area contributed by atoms with Crippen molar-refractivity contribution in [2.24, 2.45) is 0 Å². The van der Waals surface area contributed by atoms with E-state index in [2.05, 4.69) is 38.2 Å². The molecule has 2 atom stereocenters. The van der Waals surface area contributed by atoms with Crippen LogP contribution in [0.4, 0.5) is 0 Å². The van der Waals surface area contributed by atoms with Gasteiger partial charge in [-0.2, -0.15) is 0 Å². The van der Waals surface area contributed by atoms with Crippen molar-refractivity contribution in [2.75, 3.05) is 20.3 Å². The van der Waals surface area contributed by atoms with Crippen LogP contribution in [0.5, 0.6) is 0 Å². The molecule has 0 saturated carbocycles. The van der Waals surface area contributed by atoms with E-state index in [9.17, 15) is 0 Å². The van der Waals surface area contributed by atoms with E-state index in [0.29, 0.717) is 0 Å². The summed E-state index contributed by atoms with van der Waals surface area (Å²) in [6.07, 6.45) is 47.8. The van der Waals surface area contributed by atoms with Gasteiger partial charge < -0.3 is 14.2 Å². The van der Waals surface area contributed by atoms with Crippen molar-refractivity contribution in [1.82, 2.24) is 0 Å². The number of rotatable bonds is 33. The van der Waals surface area contributed by atoms with Crippen LogP contribution in [0.25, 0.3) is 0 Å². The summed E-state index contributed by atoms with van der Waals surface area (Å²) in [4.78, 5) is 0. The van der Waals surface area contributed by atoms with Crippen LogP contribution in [0, 0.1) is 0 Å². The summed E-state index contributed by atoms with van der Waals surface area (Å²) in [6.45, 7) is 6.06. The molecule has 1 aliphatic rings. The average molecular weight is 605 g/mol. The molecule has 1 rings (SSSR count). The smallest absolute Gasteiger partial charge is 0.168 e. The van der Waals surface area contributed by atoms with E-state index in [0.717, 1.165) is 38.9 Å². The summed E-state index contributed by atoms with van der Waals surface area (Å²) in [6, 6.07) is 0. The highest BCUT2D eigenvalue weighted by Crippen LogP contribution is 2.35. The second kappa shape index (κ2) is 31.3. The van der Waals surface area contributed by atoms with Crippen molar-refractivity contribution < 1.29 is 14.2 Å². The van der Waals surface area contributed by atoms with E-state index >= 15 is 0 Å². The molecular formula is C40H76O3. The lowest BCUT2D eigenvalue weighted by Crippen LogP contribution is -2.31. The second-order valence-electron chi connectivity index (χ2n) is 13.4. The van der Waals surface area contributed by atoms with Crippen LogP contribution in [0.1, 0.15) is 200 Å². The molecule has 3 nitrogen and oxygen atoms in total. The van der Waals surface area contributed by atoms with Crippen molar-refractivity contribution in [3.05, 3.63) is 24.3 Å². The molecule has 3 heteroatoms. The quantitative estimate of drug-likeness (QED) is 0.0551. The fourth-order valence-corrected chi connectivity index (χ4v) is 6.37. The van der Waals surface area contributed by atoms with Crippen molar-refractivity contribution in [1.29, 1.82) is 0 Å². The molecule has 1 fully saturated rings. The Hall–Kier alpha value is -0.640. The molecule has 1 saturated heterocycles. The predicted molar refractivity (Wildman–Crippen MR) is 189 cm³/mol. The van der Waals surface area contributed by atoms with E-state index in [1.54, 1.807) is 7.11 Å². The first-order valence-electron chi connectivity index (χ1n) is 19.4. The summed E-state index contributed by atoms with van der Waals surface area (Å²) in [5.41, 5.74) is 0. The molecule has 0 amide bonds. The van der Waals surface area contributed by atoms with E-state index in [-0.39, 0.29) is 11.9 Å². The van der Waals surface area contributed by atoms with Crippen LogP contribution < -0.4 is 0 Å². The Bertz CT molecular complexity index is 615. The lowest BCUT2D eigenvalue weighted by Gasteiger charge is -2.28. The lowest BCUT2D eigenvalue weighted by atomic mass is 9.98. The molecule has 43 heavy (non-hydrogen) atoms. The van der Waals surface area contributed by atoms with E-state index in [1.165, 1.54) is 161 Å². The highest BCUT2D eigenvalue weighted by atomic mass is 16.7. The number of ether oxygens (including phenoxy) is 3. The summed E-state index contributed by atoms with van der Waals surface area (Å²) >= 11 is 0. The minimum absolute atomic E-state index is 0.203. The molecule has 2 unspecified atom stereocenters. The third-order valence-electron chi connectivity index (χ3n) is 9.23. The second-order valence-corrected chi connectivity index (χ2v) is 13.4. The Morgan fingerprint density at radius 2 is 0.977 bits per heavy atom. The Labute approximate surface area is 270 Å². The van der Waals surface area contributed by atoms with Gasteiger partial charge in [0.2, 0.25) is 0 Å². The number of hydrogen-bond acceptors (Lipinski definition) is 3. The molecule has 0 spiro atoms. The number of allylic oxidation sites excluding steroid dienone is 4. The van der Waals surface area contributed by atoms with Crippen molar-refractivity contribution in [3.63, 3.8) is 0 Å². The number of unbranched alkanes of at least 4 members (excludes halogenated alkanes) is 22. The number of methoxy groups -OCH3 is 1. The normalized spacial score (nSPS) is 19.0. The average Bonchev–Trinajstić information content (AvgIpc) is 3.43.